The predicted molar refractivity (Wildman–Crippen MR) is 121 cm³/mol. The molecule has 1 heterocycles. The number of benzene rings is 1. The molecule has 1 amide bonds. The Morgan fingerprint density at radius 2 is 1.78 bits per heavy atom. The summed E-state index contributed by atoms with van der Waals surface area (Å²) in [5.41, 5.74) is 0.373. The Morgan fingerprint density at radius 3 is 2.34 bits per heavy atom. The number of carbonyl (C=O) groups is 3. The first-order valence-corrected chi connectivity index (χ1v) is 11.2. The summed E-state index contributed by atoms with van der Waals surface area (Å²) in [5, 5.41) is 0. The molecule has 0 spiro atoms. The van der Waals surface area contributed by atoms with Crippen molar-refractivity contribution in [3.63, 3.8) is 0 Å². The average molecular weight is 448 g/mol. The fourth-order valence-electron chi connectivity index (χ4n) is 4.29. The molecule has 1 fully saturated rings. The summed E-state index contributed by atoms with van der Waals surface area (Å²) in [4.78, 5) is 39.9. The van der Waals surface area contributed by atoms with Gasteiger partial charge in [-0.1, -0.05) is 37.3 Å². The fraction of sp³-hybridized carbons (Fsp3) is 0.640. The van der Waals surface area contributed by atoms with Crippen LogP contribution in [0.15, 0.2) is 30.3 Å². The topological polar surface area (TPSA) is 82.1 Å². The zero-order valence-corrected chi connectivity index (χ0v) is 20.1. The number of ketones is 1. The number of ether oxygens (including phenoxy) is 3. The van der Waals surface area contributed by atoms with Gasteiger partial charge in [0, 0.05) is 26.0 Å². The monoisotopic (exact) mass is 447 g/mol. The molecule has 0 bridgehead atoms. The van der Waals surface area contributed by atoms with Crippen molar-refractivity contribution in [2.24, 2.45) is 11.8 Å². The minimum absolute atomic E-state index is 0.0573. The second kappa shape index (κ2) is 11.5. The summed E-state index contributed by atoms with van der Waals surface area (Å²) in [6.07, 6.45) is 1.17. The SMILES string of the molecule is COC(=O)[C@@H](CC(=O)[C@H](C)[C@@H](OC)[C@@H]1CCCN1C(=O)OC(C)(C)C)Cc1ccccc1. The number of rotatable bonds is 9. The van der Waals surface area contributed by atoms with Crippen molar-refractivity contribution in [2.75, 3.05) is 20.8 Å². The molecule has 1 aromatic carbocycles. The van der Waals surface area contributed by atoms with E-state index >= 15 is 0 Å². The lowest BCUT2D eigenvalue weighted by atomic mass is 9.85. The van der Waals surface area contributed by atoms with Gasteiger partial charge in [-0.3, -0.25) is 9.59 Å². The fourth-order valence-corrected chi connectivity index (χ4v) is 4.29. The Labute approximate surface area is 191 Å². The van der Waals surface area contributed by atoms with Crippen LogP contribution in [0.1, 0.15) is 52.5 Å². The molecule has 1 aliphatic heterocycles. The Bertz CT molecular complexity index is 772. The molecular weight excluding hydrogens is 410 g/mol. The lowest BCUT2D eigenvalue weighted by molar-refractivity contribution is -0.148. The van der Waals surface area contributed by atoms with E-state index in [0.29, 0.717) is 13.0 Å². The van der Waals surface area contributed by atoms with Gasteiger partial charge in [0.2, 0.25) is 0 Å². The van der Waals surface area contributed by atoms with Crippen LogP contribution in [0.4, 0.5) is 4.79 Å². The van der Waals surface area contributed by atoms with Gasteiger partial charge in [-0.05, 0) is 45.6 Å². The number of carbonyl (C=O) groups excluding carboxylic acids is 3. The van der Waals surface area contributed by atoms with Gasteiger partial charge in [-0.15, -0.1) is 0 Å². The van der Waals surface area contributed by atoms with Crippen LogP contribution in [0, 0.1) is 11.8 Å². The minimum atomic E-state index is -0.598. The van der Waals surface area contributed by atoms with Crippen LogP contribution >= 0.6 is 0 Å². The number of methoxy groups -OCH3 is 2. The summed E-state index contributed by atoms with van der Waals surface area (Å²) in [5.74, 6) is -1.55. The second-order valence-corrected chi connectivity index (χ2v) is 9.45. The van der Waals surface area contributed by atoms with Crippen molar-refractivity contribution in [3.8, 4) is 0 Å². The highest BCUT2D eigenvalue weighted by atomic mass is 16.6. The molecule has 4 atom stereocenters. The van der Waals surface area contributed by atoms with Crippen molar-refractivity contribution in [2.45, 2.75) is 71.1 Å². The van der Waals surface area contributed by atoms with Crippen LogP contribution in [0.5, 0.6) is 0 Å². The van der Waals surface area contributed by atoms with E-state index in [9.17, 15) is 14.4 Å². The average Bonchev–Trinajstić information content (AvgIpc) is 3.22. The number of esters is 1. The lowest BCUT2D eigenvalue weighted by Crippen LogP contribution is -2.49. The molecule has 32 heavy (non-hydrogen) atoms. The molecule has 7 nitrogen and oxygen atoms in total. The van der Waals surface area contributed by atoms with Gasteiger partial charge in [-0.2, -0.15) is 0 Å². The van der Waals surface area contributed by atoms with E-state index in [1.807, 2.05) is 51.1 Å². The van der Waals surface area contributed by atoms with E-state index in [0.717, 1.165) is 18.4 Å². The Balaban J connectivity index is 2.11. The molecule has 0 saturated carbocycles. The third-order valence-electron chi connectivity index (χ3n) is 5.89. The van der Waals surface area contributed by atoms with Crippen molar-refractivity contribution in [1.82, 2.24) is 4.90 Å². The molecule has 1 aromatic rings. The number of nitrogens with zero attached hydrogens (tertiary/aromatic N) is 1. The largest absolute Gasteiger partial charge is 0.469 e. The van der Waals surface area contributed by atoms with Crippen LogP contribution in [-0.2, 0) is 30.2 Å². The van der Waals surface area contributed by atoms with Gasteiger partial charge in [-0.25, -0.2) is 4.79 Å². The van der Waals surface area contributed by atoms with Crippen LogP contribution in [0.2, 0.25) is 0 Å². The summed E-state index contributed by atoms with van der Waals surface area (Å²) in [6, 6.07) is 9.32. The van der Waals surface area contributed by atoms with Gasteiger partial charge >= 0.3 is 12.1 Å². The highest BCUT2D eigenvalue weighted by molar-refractivity contribution is 5.86. The summed E-state index contributed by atoms with van der Waals surface area (Å²) in [6.45, 7) is 7.86. The Kier molecular flexibility index (Phi) is 9.25. The first kappa shape index (κ1) is 25.8. The van der Waals surface area contributed by atoms with Crippen molar-refractivity contribution >= 4 is 17.8 Å². The molecule has 0 radical (unpaired) electrons. The molecular formula is C25H37NO6. The van der Waals surface area contributed by atoms with E-state index in [4.69, 9.17) is 14.2 Å². The normalized spacial score (nSPS) is 19.2. The maximum absolute atomic E-state index is 13.2. The maximum Gasteiger partial charge on any atom is 0.410 e. The number of likely N-dealkylation sites (tertiary alicyclic amines) is 1. The molecule has 178 valence electrons. The molecule has 0 N–H and O–H groups in total. The Hall–Kier alpha value is -2.41. The van der Waals surface area contributed by atoms with Gasteiger partial charge in [0.25, 0.3) is 0 Å². The van der Waals surface area contributed by atoms with Gasteiger partial charge in [0.1, 0.15) is 11.4 Å². The first-order chi connectivity index (χ1) is 15.1. The lowest BCUT2D eigenvalue weighted by Gasteiger charge is -2.35. The van der Waals surface area contributed by atoms with E-state index in [1.165, 1.54) is 7.11 Å². The highest BCUT2D eigenvalue weighted by Crippen LogP contribution is 2.29. The van der Waals surface area contributed by atoms with E-state index in [-0.39, 0.29) is 18.2 Å². The first-order valence-electron chi connectivity index (χ1n) is 11.2. The Morgan fingerprint density at radius 1 is 1.12 bits per heavy atom. The number of hydrogen-bond donors (Lipinski definition) is 0. The minimum Gasteiger partial charge on any atom is -0.469 e. The van der Waals surface area contributed by atoms with Crippen molar-refractivity contribution < 1.29 is 28.6 Å². The molecule has 2 rings (SSSR count). The molecule has 0 aromatic heterocycles. The van der Waals surface area contributed by atoms with Crippen molar-refractivity contribution in [1.29, 1.82) is 0 Å². The van der Waals surface area contributed by atoms with Gasteiger partial charge in [0.15, 0.2) is 0 Å². The van der Waals surface area contributed by atoms with Crippen LogP contribution in [0.3, 0.4) is 0 Å². The van der Waals surface area contributed by atoms with Crippen LogP contribution in [0.25, 0.3) is 0 Å². The number of hydrogen-bond acceptors (Lipinski definition) is 6. The summed E-state index contributed by atoms with van der Waals surface area (Å²) >= 11 is 0. The van der Waals surface area contributed by atoms with E-state index in [2.05, 4.69) is 0 Å². The molecule has 0 unspecified atom stereocenters. The molecule has 0 aliphatic carbocycles. The highest BCUT2D eigenvalue weighted by Gasteiger charge is 2.41. The molecule has 7 heteroatoms. The number of amides is 1. The van der Waals surface area contributed by atoms with Crippen LogP contribution < -0.4 is 0 Å². The second-order valence-electron chi connectivity index (χ2n) is 9.45. The van der Waals surface area contributed by atoms with Crippen LogP contribution in [-0.4, -0.2) is 61.3 Å². The maximum atomic E-state index is 13.2. The molecule has 1 saturated heterocycles. The molecule has 1 aliphatic rings. The predicted octanol–water partition coefficient (Wildman–Crippen LogP) is 4.03. The van der Waals surface area contributed by atoms with Gasteiger partial charge in [0.05, 0.1) is 25.2 Å². The zero-order chi connectivity index (χ0) is 23.9. The number of Topliss-reactive ketones (excluding diaryl/α,β-unsaturated/α-hetero) is 1. The summed E-state index contributed by atoms with van der Waals surface area (Å²) < 4.78 is 16.2. The standard InChI is InChI=1S/C25H37NO6/c1-17(21(27)16-19(23(28)31-6)15-18-11-8-7-9-12-18)22(30-5)20-13-10-14-26(20)24(29)32-25(2,3)4/h7-9,11-12,17,19-20,22H,10,13-16H2,1-6H3/t17-,19+,20-,22+/m0/s1. The van der Waals surface area contributed by atoms with Gasteiger partial charge < -0.3 is 19.1 Å². The van der Waals surface area contributed by atoms with E-state index in [1.54, 1.807) is 18.9 Å². The third-order valence-corrected chi connectivity index (χ3v) is 5.89. The van der Waals surface area contributed by atoms with Crippen molar-refractivity contribution in [3.05, 3.63) is 35.9 Å². The van der Waals surface area contributed by atoms with E-state index < -0.39 is 35.6 Å². The third kappa shape index (κ3) is 7.05. The quantitative estimate of drug-likeness (QED) is 0.532. The summed E-state index contributed by atoms with van der Waals surface area (Å²) in [7, 11) is 2.89. The smallest absolute Gasteiger partial charge is 0.410 e. The zero-order valence-electron chi connectivity index (χ0n) is 20.1.